The van der Waals surface area contributed by atoms with Gasteiger partial charge < -0.3 is 10.4 Å². The number of nitrogens with zero attached hydrogens (tertiary/aromatic N) is 2. The summed E-state index contributed by atoms with van der Waals surface area (Å²) in [6, 6.07) is 7.48. The predicted molar refractivity (Wildman–Crippen MR) is 81.9 cm³/mol. The number of hydrogen-bond acceptors (Lipinski definition) is 4. The average molecular weight is 306 g/mol. The Morgan fingerprint density at radius 3 is 2.57 bits per heavy atom. The molecule has 2 rings (SSSR count). The van der Waals surface area contributed by atoms with Crippen molar-refractivity contribution in [3.8, 4) is 0 Å². The third kappa shape index (κ3) is 3.92. The van der Waals surface area contributed by atoms with E-state index in [1.165, 1.54) is 6.20 Å². The van der Waals surface area contributed by atoms with E-state index in [0.29, 0.717) is 23.1 Å². The maximum absolute atomic E-state index is 11.0. The fraction of sp³-hybridized carbons (Fsp3) is 0.267. The third-order valence-corrected chi connectivity index (χ3v) is 3.19. The molecule has 0 saturated heterocycles. The van der Waals surface area contributed by atoms with Crippen molar-refractivity contribution < 1.29 is 9.90 Å². The van der Waals surface area contributed by atoms with Crippen LogP contribution in [-0.4, -0.2) is 21.0 Å². The van der Waals surface area contributed by atoms with Gasteiger partial charge in [0.05, 0.1) is 11.9 Å². The smallest absolute Gasteiger partial charge is 0.356 e. The summed E-state index contributed by atoms with van der Waals surface area (Å²) in [5.74, 6) is -0.400. The molecule has 0 spiro atoms. The molecule has 21 heavy (non-hydrogen) atoms. The van der Waals surface area contributed by atoms with Crippen LogP contribution in [0.15, 0.2) is 30.5 Å². The zero-order valence-corrected chi connectivity index (χ0v) is 12.6. The van der Waals surface area contributed by atoms with Gasteiger partial charge in [0.25, 0.3) is 0 Å². The number of carbonyl (C=O) groups is 1. The number of carboxylic acids is 1. The molecule has 2 N–H and O–H groups in total. The maximum Gasteiger partial charge on any atom is 0.356 e. The Labute approximate surface area is 128 Å². The molecule has 1 aromatic carbocycles. The molecule has 1 heterocycles. The first-order chi connectivity index (χ1) is 9.97. The largest absolute Gasteiger partial charge is 0.476 e. The number of halogens is 1. The molecule has 0 aliphatic rings. The Bertz CT molecular complexity index is 642. The molecule has 0 amide bonds. The van der Waals surface area contributed by atoms with Gasteiger partial charge >= 0.3 is 5.97 Å². The lowest BCUT2D eigenvalue weighted by atomic mass is 10.1. The van der Waals surface area contributed by atoms with Gasteiger partial charge in [0, 0.05) is 11.6 Å². The number of benzene rings is 1. The molecule has 5 nitrogen and oxygen atoms in total. The summed E-state index contributed by atoms with van der Waals surface area (Å²) in [4.78, 5) is 19.3. The normalized spacial score (nSPS) is 10.7. The summed E-state index contributed by atoms with van der Waals surface area (Å²) < 4.78 is 0. The van der Waals surface area contributed by atoms with Gasteiger partial charge in [-0.3, -0.25) is 0 Å². The Hall–Kier alpha value is -2.14. The first-order valence-electron chi connectivity index (χ1n) is 6.56. The lowest BCUT2D eigenvalue weighted by Gasteiger charge is -2.13. The minimum Gasteiger partial charge on any atom is -0.476 e. The van der Waals surface area contributed by atoms with Crippen LogP contribution in [0, 0.1) is 0 Å². The van der Waals surface area contributed by atoms with Gasteiger partial charge in [-0.1, -0.05) is 37.6 Å². The molecule has 0 radical (unpaired) electrons. The van der Waals surface area contributed by atoms with Crippen LogP contribution in [0.25, 0.3) is 0 Å². The first kappa shape index (κ1) is 15.3. The van der Waals surface area contributed by atoms with E-state index >= 15 is 0 Å². The Morgan fingerprint density at radius 1 is 1.33 bits per heavy atom. The quantitative estimate of drug-likeness (QED) is 0.883. The summed E-state index contributed by atoms with van der Waals surface area (Å²) in [6.45, 7) is 4.46. The fourth-order valence-corrected chi connectivity index (χ4v) is 1.96. The number of aromatic nitrogens is 2. The van der Waals surface area contributed by atoms with E-state index in [1.54, 1.807) is 0 Å². The van der Waals surface area contributed by atoms with Crippen molar-refractivity contribution in [2.75, 3.05) is 5.32 Å². The van der Waals surface area contributed by atoms with E-state index in [2.05, 4.69) is 15.3 Å². The van der Waals surface area contributed by atoms with Crippen molar-refractivity contribution in [2.24, 2.45) is 0 Å². The zero-order chi connectivity index (χ0) is 15.4. The number of hydrogen-bond donors (Lipinski definition) is 2. The number of anilines is 1. The second-order valence-corrected chi connectivity index (χ2v) is 5.37. The van der Waals surface area contributed by atoms with E-state index in [-0.39, 0.29) is 11.6 Å². The number of rotatable bonds is 5. The highest BCUT2D eigenvalue weighted by molar-refractivity contribution is 6.30. The predicted octanol–water partition coefficient (Wildman–Crippen LogP) is 3.56. The van der Waals surface area contributed by atoms with Crippen molar-refractivity contribution in [1.29, 1.82) is 0 Å². The van der Waals surface area contributed by atoms with Crippen molar-refractivity contribution in [3.63, 3.8) is 0 Å². The molecule has 1 aromatic heterocycles. The number of nitrogens with one attached hydrogen (secondary N) is 1. The summed E-state index contributed by atoms with van der Waals surface area (Å²) in [5.41, 5.74) is 1.65. The summed E-state index contributed by atoms with van der Waals surface area (Å²) >= 11 is 5.84. The van der Waals surface area contributed by atoms with E-state index < -0.39 is 5.97 Å². The van der Waals surface area contributed by atoms with E-state index in [1.807, 2.05) is 38.1 Å². The number of aromatic carboxylic acids is 1. The van der Waals surface area contributed by atoms with Crippen molar-refractivity contribution >= 4 is 23.4 Å². The second-order valence-electron chi connectivity index (χ2n) is 4.93. The average Bonchev–Trinajstić information content (AvgIpc) is 2.46. The standard InChI is InChI=1S/C15H16ClN3O2/c1-9(2)13-14(18-8-12(19-13)15(20)21)17-7-10-3-5-11(16)6-4-10/h3-6,8-9H,7H2,1-2H3,(H,17,18)(H,20,21). The first-order valence-corrected chi connectivity index (χ1v) is 6.93. The third-order valence-electron chi connectivity index (χ3n) is 2.94. The molecule has 0 atom stereocenters. The molecule has 2 aromatic rings. The van der Waals surface area contributed by atoms with Gasteiger partial charge in [-0.2, -0.15) is 0 Å². The highest BCUT2D eigenvalue weighted by atomic mass is 35.5. The van der Waals surface area contributed by atoms with Gasteiger partial charge in [-0.25, -0.2) is 14.8 Å². The zero-order valence-electron chi connectivity index (χ0n) is 11.8. The van der Waals surface area contributed by atoms with Gasteiger partial charge in [-0.15, -0.1) is 0 Å². The fourth-order valence-electron chi connectivity index (χ4n) is 1.83. The van der Waals surface area contributed by atoms with Crippen LogP contribution in [0.5, 0.6) is 0 Å². The molecule has 0 aliphatic carbocycles. The minimum absolute atomic E-state index is 0.0456. The Kier molecular flexibility index (Phi) is 4.75. The van der Waals surface area contributed by atoms with Gasteiger partial charge in [0.1, 0.15) is 5.82 Å². The highest BCUT2D eigenvalue weighted by Gasteiger charge is 2.14. The van der Waals surface area contributed by atoms with Crippen LogP contribution in [0.2, 0.25) is 5.02 Å². The van der Waals surface area contributed by atoms with Crippen LogP contribution in [0.1, 0.15) is 41.5 Å². The molecular weight excluding hydrogens is 290 g/mol. The molecule has 0 aliphatic heterocycles. The van der Waals surface area contributed by atoms with Crippen LogP contribution < -0.4 is 5.32 Å². The van der Waals surface area contributed by atoms with Gasteiger partial charge in [0.15, 0.2) is 5.69 Å². The summed E-state index contributed by atoms with van der Waals surface area (Å²) in [6.07, 6.45) is 1.26. The van der Waals surface area contributed by atoms with Crippen LogP contribution >= 0.6 is 11.6 Å². The topological polar surface area (TPSA) is 75.1 Å². The molecule has 6 heteroatoms. The summed E-state index contributed by atoms with van der Waals surface area (Å²) in [7, 11) is 0. The minimum atomic E-state index is -1.08. The van der Waals surface area contributed by atoms with Crippen LogP contribution in [0.3, 0.4) is 0 Å². The molecule has 0 fully saturated rings. The maximum atomic E-state index is 11.0. The lowest BCUT2D eigenvalue weighted by molar-refractivity contribution is 0.0689. The van der Waals surface area contributed by atoms with Crippen LogP contribution in [-0.2, 0) is 6.54 Å². The van der Waals surface area contributed by atoms with E-state index in [0.717, 1.165) is 5.56 Å². The highest BCUT2D eigenvalue weighted by Crippen LogP contribution is 2.21. The van der Waals surface area contributed by atoms with Crippen LogP contribution in [0.4, 0.5) is 5.82 Å². The SMILES string of the molecule is CC(C)c1nc(C(=O)O)cnc1NCc1ccc(Cl)cc1. The van der Waals surface area contributed by atoms with Crippen molar-refractivity contribution in [1.82, 2.24) is 9.97 Å². The van der Waals surface area contributed by atoms with Crippen molar-refractivity contribution in [3.05, 3.63) is 52.4 Å². The monoisotopic (exact) mass is 305 g/mol. The van der Waals surface area contributed by atoms with E-state index in [9.17, 15) is 4.79 Å². The van der Waals surface area contributed by atoms with E-state index in [4.69, 9.17) is 16.7 Å². The Morgan fingerprint density at radius 2 is 2.00 bits per heavy atom. The lowest BCUT2D eigenvalue weighted by Crippen LogP contribution is -2.11. The molecule has 0 saturated carbocycles. The summed E-state index contributed by atoms with van der Waals surface area (Å²) in [5, 5.41) is 12.9. The van der Waals surface area contributed by atoms with Gasteiger partial charge in [0.2, 0.25) is 0 Å². The second kappa shape index (κ2) is 6.54. The Balaban J connectivity index is 2.19. The van der Waals surface area contributed by atoms with Crippen molar-refractivity contribution in [2.45, 2.75) is 26.3 Å². The molecule has 0 unspecified atom stereocenters. The molecule has 0 bridgehead atoms. The number of carboxylic acid groups (broad SMARTS) is 1. The molecule has 110 valence electrons. The van der Waals surface area contributed by atoms with Gasteiger partial charge in [-0.05, 0) is 23.6 Å². The molecular formula is C15H16ClN3O2.